The van der Waals surface area contributed by atoms with E-state index in [1.54, 1.807) is 13.3 Å². The molecule has 0 spiro atoms. The molecule has 0 aliphatic heterocycles. The van der Waals surface area contributed by atoms with Crippen molar-refractivity contribution in [3.05, 3.63) is 36.7 Å². The van der Waals surface area contributed by atoms with Crippen molar-refractivity contribution in [1.29, 1.82) is 0 Å². The number of aliphatic hydroxyl groups excluding tert-OH is 1. The minimum Gasteiger partial charge on any atom is -0.497 e. The number of aromatic amines is 1. The number of fused-ring (bicyclic) bond motifs is 1. The van der Waals surface area contributed by atoms with Crippen molar-refractivity contribution in [3.63, 3.8) is 0 Å². The predicted octanol–water partition coefficient (Wildman–Crippen LogP) is 2.04. The lowest BCUT2D eigenvalue weighted by Crippen LogP contribution is -2.07. The van der Waals surface area contributed by atoms with Crippen LogP contribution in [-0.4, -0.2) is 40.5 Å². The van der Waals surface area contributed by atoms with Gasteiger partial charge in [-0.1, -0.05) is 0 Å². The van der Waals surface area contributed by atoms with Gasteiger partial charge < -0.3 is 15.2 Å². The summed E-state index contributed by atoms with van der Waals surface area (Å²) in [5.74, 6) is 1.47. The number of benzene rings is 1. The van der Waals surface area contributed by atoms with E-state index in [0.29, 0.717) is 12.4 Å². The van der Waals surface area contributed by atoms with E-state index in [0.717, 1.165) is 27.8 Å². The first-order chi connectivity index (χ1) is 10.3. The van der Waals surface area contributed by atoms with Crippen molar-refractivity contribution in [2.24, 2.45) is 0 Å². The standard InChI is InChI=1S/C15H16N4O2/c1-21-11-2-3-12-13(10-8-17-18-9-10)7-15(16-4-5-20)19-14(12)6-11/h2-3,6-9,20H,4-5H2,1H3,(H,16,19)(H,17,18). The fraction of sp³-hybridized carbons (Fsp3) is 0.200. The van der Waals surface area contributed by atoms with E-state index < -0.39 is 0 Å². The minimum absolute atomic E-state index is 0.0544. The van der Waals surface area contributed by atoms with Gasteiger partial charge in [0.05, 0.1) is 25.4 Å². The Balaban J connectivity index is 2.18. The van der Waals surface area contributed by atoms with Crippen LogP contribution in [0.5, 0.6) is 5.75 Å². The summed E-state index contributed by atoms with van der Waals surface area (Å²) >= 11 is 0. The maximum atomic E-state index is 8.95. The van der Waals surface area contributed by atoms with Crippen LogP contribution in [0, 0.1) is 0 Å². The first-order valence-electron chi connectivity index (χ1n) is 6.64. The van der Waals surface area contributed by atoms with Crippen LogP contribution < -0.4 is 10.1 Å². The van der Waals surface area contributed by atoms with Crippen molar-refractivity contribution in [3.8, 4) is 16.9 Å². The third-order valence-corrected chi connectivity index (χ3v) is 3.24. The number of hydrogen-bond donors (Lipinski definition) is 3. The number of methoxy groups -OCH3 is 1. The van der Waals surface area contributed by atoms with Gasteiger partial charge in [-0.3, -0.25) is 5.10 Å². The molecule has 3 aromatic rings. The van der Waals surface area contributed by atoms with Gasteiger partial charge in [0.1, 0.15) is 11.6 Å². The van der Waals surface area contributed by atoms with Gasteiger partial charge in [-0.25, -0.2) is 4.98 Å². The monoisotopic (exact) mass is 284 g/mol. The molecule has 2 aromatic heterocycles. The Kier molecular flexibility index (Phi) is 3.70. The molecule has 108 valence electrons. The summed E-state index contributed by atoms with van der Waals surface area (Å²) in [4.78, 5) is 4.56. The zero-order chi connectivity index (χ0) is 14.7. The second kappa shape index (κ2) is 5.80. The van der Waals surface area contributed by atoms with Gasteiger partial charge in [-0.05, 0) is 23.8 Å². The van der Waals surface area contributed by atoms with E-state index in [1.807, 2.05) is 30.5 Å². The molecule has 0 saturated carbocycles. The van der Waals surface area contributed by atoms with Crippen LogP contribution in [0.3, 0.4) is 0 Å². The summed E-state index contributed by atoms with van der Waals surface area (Å²) in [5, 5.41) is 19.9. The van der Waals surface area contributed by atoms with Gasteiger partial charge in [0.15, 0.2) is 0 Å². The molecule has 3 rings (SSSR count). The third kappa shape index (κ3) is 2.66. The molecule has 0 aliphatic rings. The van der Waals surface area contributed by atoms with Gasteiger partial charge >= 0.3 is 0 Å². The van der Waals surface area contributed by atoms with Gasteiger partial charge in [-0.15, -0.1) is 0 Å². The summed E-state index contributed by atoms with van der Waals surface area (Å²) in [5.41, 5.74) is 2.84. The summed E-state index contributed by atoms with van der Waals surface area (Å²) in [6.45, 7) is 0.506. The van der Waals surface area contributed by atoms with Crippen LogP contribution in [0.4, 0.5) is 5.82 Å². The fourth-order valence-corrected chi connectivity index (χ4v) is 2.25. The minimum atomic E-state index is 0.0544. The fourth-order valence-electron chi connectivity index (χ4n) is 2.25. The molecule has 0 fully saturated rings. The van der Waals surface area contributed by atoms with Crippen molar-refractivity contribution >= 4 is 16.7 Å². The molecule has 0 aliphatic carbocycles. The zero-order valence-electron chi connectivity index (χ0n) is 11.6. The molecule has 2 heterocycles. The first kappa shape index (κ1) is 13.4. The van der Waals surface area contributed by atoms with Crippen molar-refractivity contribution < 1.29 is 9.84 Å². The molecule has 0 amide bonds. The van der Waals surface area contributed by atoms with E-state index in [1.165, 1.54) is 0 Å². The van der Waals surface area contributed by atoms with Crippen LogP contribution in [-0.2, 0) is 0 Å². The Bertz CT molecular complexity index is 741. The Morgan fingerprint density at radius 3 is 2.95 bits per heavy atom. The topological polar surface area (TPSA) is 83.1 Å². The number of aliphatic hydroxyl groups is 1. The van der Waals surface area contributed by atoms with Gasteiger partial charge in [-0.2, -0.15) is 5.10 Å². The quantitative estimate of drug-likeness (QED) is 0.668. The highest BCUT2D eigenvalue weighted by atomic mass is 16.5. The lowest BCUT2D eigenvalue weighted by Gasteiger charge is -2.10. The van der Waals surface area contributed by atoms with Gasteiger partial charge in [0.25, 0.3) is 0 Å². The van der Waals surface area contributed by atoms with Gasteiger partial charge in [0.2, 0.25) is 0 Å². The number of pyridine rings is 1. The number of hydrogen-bond acceptors (Lipinski definition) is 5. The predicted molar refractivity (Wildman–Crippen MR) is 81.5 cm³/mol. The van der Waals surface area contributed by atoms with Crippen LogP contribution in [0.25, 0.3) is 22.0 Å². The second-order valence-electron chi connectivity index (χ2n) is 4.58. The molecular formula is C15H16N4O2. The molecule has 0 saturated heterocycles. The number of nitrogens with one attached hydrogen (secondary N) is 2. The number of aromatic nitrogens is 3. The average Bonchev–Trinajstić information content (AvgIpc) is 3.05. The third-order valence-electron chi connectivity index (χ3n) is 3.24. The Labute approximate surface area is 121 Å². The summed E-state index contributed by atoms with van der Waals surface area (Å²) < 4.78 is 5.25. The normalized spacial score (nSPS) is 10.8. The van der Waals surface area contributed by atoms with Crippen LogP contribution in [0.1, 0.15) is 0 Å². The molecule has 21 heavy (non-hydrogen) atoms. The molecule has 0 unspecified atom stereocenters. The second-order valence-corrected chi connectivity index (χ2v) is 4.58. The SMILES string of the molecule is COc1ccc2c(-c3cn[nH]c3)cc(NCCO)nc2c1. The summed E-state index contributed by atoms with van der Waals surface area (Å²) in [6, 6.07) is 7.74. The maximum Gasteiger partial charge on any atom is 0.127 e. The van der Waals surface area contributed by atoms with Crippen molar-refractivity contribution in [1.82, 2.24) is 15.2 Å². The van der Waals surface area contributed by atoms with E-state index >= 15 is 0 Å². The molecule has 3 N–H and O–H groups in total. The van der Waals surface area contributed by atoms with Crippen molar-refractivity contribution in [2.45, 2.75) is 0 Å². The molecule has 0 radical (unpaired) electrons. The lowest BCUT2D eigenvalue weighted by molar-refractivity contribution is 0.311. The van der Waals surface area contributed by atoms with Gasteiger partial charge in [0, 0.05) is 29.8 Å². The lowest BCUT2D eigenvalue weighted by atomic mass is 10.0. The van der Waals surface area contributed by atoms with E-state index in [-0.39, 0.29) is 6.61 Å². The average molecular weight is 284 g/mol. The maximum absolute atomic E-state index is 8.95. The highest BCUT2D eigenvalue weighted by molar-refractivity contribution is 5.96. The highest BCUT2D eigenvalue weighted by Crippen LogP contribution is 2.31. The Morgan fingerprint density at radius 2 is 2.24 bits per heavy atom. The van der Waals surface area contributed by atoms with Crippen molar-refractivity contribution in [2.75, 3.05) is 25.6 Å². The zero-order valence-corrected chi connectivity index (χ0v) is 11.6. The van der Waals surface area contributed by atoms with E-state index in [2.05, 4.69) is 20.5 Å². The number of H-pyrrole nitrogens is 1. The number of ether oxygens (including phenoxy) is 1. The Hall–Kier alpha value is -2.60. The molecule has 0 atom stereocenters. The molecule has 6 heteroatoms. The molecule has 0 bridgehead atoms. The number of nitrogens with zero attached hydrogens (tertiary/aromatic N) is 2. The smallest absolute Gasteiger partial charge is 0.127 e. The number of anilines is 1. The Morgan fingerprint density at radius 1 is 1.33 bits per heavy atom. The molecule has 1 aromatic carbocycles. The van der Waals surface area contributed by atoms with E-state index in [9.17, 15) is 0 Å². The molecule has 6 nitrogen and oxygen atoms in total. The first-order valence-corrected chi connectivity index (χ1v) is 6.64. The highest BCUT2D eigenvalue weighted by Gasteiger charge is 2.09. The summed E-state index contributed by atoms with van der Waals surface area (Å²) in [6.07, 6.45) is 3.61. The van der Waals surface area contributed by atoms with Crippen LogP contribution in [0.15, 0.2) is 36.7 Å². The van der Waals surface area contributed by atoms with Crippen LogP contribution in [0.2, 0.25) is 0 Å². The molecular weight excluding hydrogens is 268 g/mol. The van der Waals surface area contributed by atoms with E-state index in [4.69, 9.17) is 9.84 Å². The largest absolute Gasteiger partial charge is 0.497 e. The number of rotatable bonds is 5. The summed E-state index contributed by atoms with van der Waals surface area (Å²) in [7, 11) is 1.63. The van der Waals surface area contributed by atoms with Crippen LogP contribution >= 0.6 is 0 Å².